The normalized spacial score (nSPS) is 14.7. The summed E-state index contributed by atoms with van der Waals surface area (Å²) in [7, 11) is 0. The van der Waals surface area contributed by atoms with Gasteiger partial charge in [-0.3, -0.25) is 9.79 Å². The van der Waals surface area contributed by atoms with E-state index < -0.39 is 18.0 Å². The van der Waals surface area contributed by atoms with Crippen LogP contribution in [0.15, 0.2) is 23.2 Å². The minimum Gasteiger partial charge on any atom is -0.507 e. The number of carboxylic acid groups (broad SMARTS) is 2. The molecule has 2 rings (SSSR count). The summed E-state index contributed by atoms with van der Waals surface area (Å²) in [6.45, 7) is 8.44. The molecule has 0 aliphatic carbocycles. The third-order valence-corrected chi connectivity index (χ3v) is 4.52. The summed E-state index contributed by atoms with van der Waals surface area (Å²) in [5, 5.41) is 28.1. The molecule has 0 bridgehead atoms. The number of aliphatic imine (C=N–C) groups is 1. The summed E-state index contributed by atoms with van der Waals surface area (Å²) in [5.74, 6) is -0.906. The predicted molar refractivity (Wildman–Crippen MR) is 113 cm³/mol. The smallest absolute Gasteiger partial charge is 0.329 e. The summed E-state index contributed by atoms with van der Waals surface area (Å²) in [4.78, 5) is 25.4. The molecular formula is C20H31NO6S. The number of aromatic hydroxyl groups is 1. The van der Waals surface area contributed by atoms with Crippen LogP contribution in [0.4, 0.5) is 0 Å². The lowest BCUT2D eigenvalue weighted by Crippen LogP contribution is -2.17. The maximum Gasteiger partial charge on any atom is 0.329 e. The number of phenols is 1. The summed E-state index contributed by atoms with van der Waals surface area (Å²) in [5.41, 5.74) is 0.498. The average molecular weight is 414 g/mol. The lowest BCUT2D eigenvalue weighted by Gasteiger charge is -2.09. The van der Waals surface area contributed by atoms with Crippen LogP contribution in [0.1, 0.15) is 58.9 Å². The number of benzene rings is 1. The number of nitrogens with zero attached hydrogens (tertiary/aromatic N) is 1. The zero-order valence-electron chi connectivity index (χ0n) is 17.0. The third kappa shape index (κ3) is 9.12. The van der Waals surface area contributed by atoms with Crippen LogP contribution in [-0.2, 0) is 9.59 Å². The summed E-state index contributed by atoms with van der Waals surface area (Å²) in [6.07, 6.45) is 2.27. The van der Waals surface area contributed by atoms with Crippen molar-refractivity contribution < 1.29 is 29.6 Å². The van der Waals surface area contributed by atoms with Crippen LogP contribution in [0.5, 0.6) is 11.5 Å². The number of phenolic OH excluding ortho intramolecular Hbond substituents is 1. The Morgan fingerprint density at radius 1 is 1.14 bits per heavy atom. The van der Waals surface area contributed by atoms with E-state index >= 15 is 0 Å². The molecular weight excluding hydrogens is 382 g/mol. The van der Waals surface area contributed by atoms with Gasteiger partial charge in [0.15, 0.2) is 6.04 Å². The molecule has 1 aliphatic rings. The number of ether oxygens (including phenoxy) is 1. The van der Waals surface area contributed by atoms with Crippen LogP contribution < -0.4 is 4.74 Å². The first kappa shape index (κ1) is 25.8. The first-order valence-corrected chi connectivity index (χ1v) is 10.6. The summed E-state index contributed by atoms with van der Waals surface area (Å²) >= 11 is 1.30. The molecule has 0 aromatic heterocycles. The Labute approximate surface area is 170 Å². The number of thioether (sulfide) groups is 1. The Kier molecular flexibility index (Phi) is 13.6. The summed E-state index contributed by atoms with van der Waals surface area (Å²) < 4.78 is 5.52. The molecule has 1 unspecified atom stereocenters. The third-order valence-electron chi connectivity index (χ3n) is 3.44. The molecule has 158 valence electrons. The molecule has 0 fully saturated rings. The molecule has 1 atom stereocenters. The first-order chi connectivity index (χ1) is 13.5. The monoisotopic (exact) mass is 413 g/mol. The number of carboxylic acids is 2. The van der Waals surface area contributed by atoms with Crippen LogP contribution in [0.2, 0.25) is 0 Å². The van der Waals surface area contributed by atoms with Crippen LogP contribution in [-0.4, -0.2) is 50.7 Å². The largest absolute Gasteiger partial charge is 0.507 e. The van der Waals surface area contributed by atoms with E-state index in [2.05, 4.69) is 4.99 Å². The SMILES string of the molecule is CC.CC.O=C(O)CCCCCOc1ccc(C2=NC(C(=O)O)CS2)c(O)c1. The average Bonchev–Trinajstić information content (AvgIpc) is 3.18. The predicted octanol–water partition coefficient (Wildman–Crippen LogP) is 4.42. The highest BCUT2D eigenvalue weighted by atomic mass is 32.2. The number of carbonyl (C=O) groups is 2. The number of hydrogen-bond acceptors (Lipinski definition) is 6. The fourth-order valence-electron chi connectivity index (χ4n) is 2.17. The van der Waals surface area contributed by atoms with Gasteiger partial charge >= 0.3 is 11.9 Å². The van der Waals surface area contributed by atoms with Gasteiger partial charge in [0.2, 0.25) is 0 Å². The number of rotatable bonds is 9. The fraction of sp³-hybridized carbons (Fsp3) is 0.550. The fourth-order valence-corrected chi connectivity index (χ4v) is 3.24. The molecule has 3 N–H and O–H groups in total. The summed E-state index contributed by atoms with van der Waals surface area (Å²) in [6, 6.07) is 4.06. The zero-order chi connectivity index (χ0) is 21.5. The van der Waals surface area contributed by atoms with E-state index in [1.54, 1.807) is 12.1 Å². The zero-order valence-corrected chi connectivity index (χ0v) is 17.8. The number of hydrogen-bond donors (Lipinski definition) is 3. The van der Waals surface area contributed by atoms with Gasteiger partial charge in [-0.25, -0.2) is 4.79 Å². The van der Waals surface area contributed by atoms with Crippen molar-refractivity contribution in [3.05, 3.63) is 23.8 Å². The Balaban J connectivity index is 0.00000171. The Morgan fingerprint density at radius 3 is 2.36 bits per heavy atom. The minimum atomic E-state index is -0.972. The number of unbranched alkanes of at least 4 members (excludes halogenated alkanes) is 2. The van der Waals surface area contributed by atoms with Crippen molar-refractivity contribution in [2.24, 2.45) is 4.99 Å². The van der Waals surface area contributed by atoms with E-state index in [-0.39, 0.29) is 12.2 Å². The van der Waals surface area contributed by atoms with Gasteiger partial charge in [0.25, 0.3) is 0 Å². The van der Waals surface area contributed by atoms with Gasteiger partial charge in [-0.1, -0.05) is 27.7 Å². The molecule has 1 aromatic carbocycles. The maximum absolute atomic E-state index is 10.9. The van der Waals surface area contributed by atoms with Crippen LogP contribution in [0.3, 0.4) is 0 Å². The molecule has 0 saturated heterocycles. The van der Waals surface area contributed by atoms with Crippen LogP contribution in [0.25, 0.3) is 0 Å². The molecule has 7 nitrogen and oxygen atoms in total. The van der Waals surface area contributed by atoms with Crippen LogP contribution >= 0.6 is 11.8 Å². The molecule has 1 aliphatic heterocycles. The lowest BCUT2D eigenvalue weighted by atomic mass is 10.2. The highest BCUT2D eigenvalue weighted by Gasteiger charge is 2.26. The van der Waals surface area contributed by atoms with Gasteiger partial charge in [-0.05, 0) is 31.4 Å². The number of aliphatic carboxylic acids is 2. The maximum atomic E-state index is 10.9. The molecule has 28 heavy (non-hydrogen) atoms. The van der Waals surface area contributed by atoms with Gasteiger partial charge < -0.3 is 20.1 Å². The highest BCUT2D eigenvalue weighted by molar-refractivity contribution is 8.14. The standard InChI is InChI=1S/C16H19NO6S.2C2H6/c18-13-8-10(23-7-3-1-2-4-14(19)20)5-6-11(13)15-17-12(9-24-15)16(21)22;2*1-2/h5-6,8,12,18H,1-4,7,9H2,(H,19,20)(H,21,22);2*1-2H3. The van der Waals surface area contributed by atoms with Gasteiger partial charge in [0, 0.05) is 23.8 Å². The minimum absolute atomic E-state index is 0.00401. The molecule has 0 radical (unpaired) electrons. The molecule has 1 heterocycles. The van der Waals surface area contributed by atoms with Crippen molar-refractivity contribution >= 4 is 28.7 Å². The van der Waals surface area contributed by atoms with Gasteiger partial charge in [-0.2, -0.15) is 0 Å². The van der Waals surface area contributed by atoms with Gasteiger partial charge in [-0.15, -0.1) is 11.8 Å². The van der Waals surface area contributed by atoms with Crippen molar-refractivity contribution in [2.75, 3.05) is 12.4 Å². The second-order valence-electron chi connectivity index (χ2n) is 5.33. The first-order valence-electron chi connectivity index (χ1n) is 9.58. The van der Waals surface area contributed by atoms with Crippen molar-refractivity contribution in [1.29, 1.82) is 0 Å². The van der Waals surface area contributed by atoms with Gasteiger partial charge in [0.05, 0.1) is 6.61 Å². The van der Waals surface area contributed by atoms with Crippen molar-refractivity contribution in [2.45, 2.75) is 59.4 Å². The lowest BCUT2D eigenvalue weighted by molar-refractivity contribution is -0.138. The topological polar surface area (TPSA) is 116 Å². The van der Waals surface area contributed by atoms with Crippen molar-refractivity contribution in [1.82, 2.24) is 0 Å². The van der Waals surface area contributed by atoms with E-state index in [0.29, 0.717) is 35.1 Å². The van der Waals surface area contributed by atoms with Crippen molar-refractivity contribution in [3.63, 3.8) is 0 Å². The molecule has 8 heteroatoms. The van der Waals surface area contributed by atoms with E-state index in [1.165, 1.54) is 17.8 Å². The van der Waals surface area contributed by atoms with E-state index in [1.807, 2.05) is 27.7 Å². The Bertz CT molecular complexity index is 648. The van der Waals surface area contributed by atoms with E-state index in [0.717, 1.165) is 12.8 Å². The Morgan fingerprint density at radius 2 is 1.82 bits per heavy atom. The van der Waals surface area contributed by atoms with Crippen molar-refractivity contribution in [3.8, 4) is 11.5 Å². The second kappa shape index (κ2) is 14.8. The Hall–Kier alpha value is -2.22. The van der Waals surface area contributed by atoms with E-state index in [4.69, 9.17) is 14.9 Å². The highest BCUT2D eigenvalue weighted by Crippen LogP contribution is 2.31. The van der Waals surface area contributed by atoms with E-state index in [9.17, 15) is 14.7 Å². The molecule has 0 saturated carbocycles. The molecule has 0 amide bonds. The second-order valence-corrected chi connectivity index (χ2v) is 6.34. The molecule has 1 aromatic rings. The van der Waals surface area contributed by atoms with Gasteiger partial charge in [0.1, 0.15) is 16.5 Å². The molecule has 0 spiro atoms. The quantitative estimate of drug-likeness (QED) is 0.513. The van der Waals surface area contributed by atoms with Crippen LogP contribution in [0, 0.1) is 0 Å².